The molecule has 35 heavy (non-hydrogen) atoms. The molecule has 3 aromatic rings. The molecule has 0 unspecified atom stereocenters. The SMILES string of the molecule is CC.CC(C)(C)O.Cc1nc(NC(=O)c2ccccc2)c(C)c(-c2ccc(Cl)cc2)c1CC(=O)O. The lowest BCUT2D eigenvalue weighted by molar-refractivity contribution is -0.136. The second-order valence-electron chi connectivity index (χ2n) is 8.59. The van der Waals surface area contributed by atoms with Gasteiger partial charge < -0.3 is 15.5 Å². The van der Waals surface area contributed by atoms with Crippen LogP contribution in [0.3, 0.4) is 0 Å². The molecular formula is C28H35ClN2O4. The number of aliphatic hydroxyl groups is 1. The minimum Gasteiger partial charge on any atom is -0.481 e. The number of hydrogen-bond donors (Lipinski definition) is 3. The maximum Gasteiger partial charge on any atom is 0.307 e. The Labute approximate surface area is 213 Å². The van der Waals surface area contributed by atoms with Crippen molar-refractivity contribution in [2.75, 3.05) is 5.32 Å². The molecular weight excluding hydrogens is 464 g/mol. The number of aromatic nitrogens is 1. The summed E-state index contributed by atoms with van der Waals surface area (Å²) in [7, 11) is 0. The zero-order valence-corrected chi connectivity index (χ0v) is 22.2. The van der Waals surface area contributed by atoms with Gasteiger partial charge in [-0.15, -0.1) is 0 Å². The fraction of sp³-hybridized carbons (Fsp3) is 0.321. The summed E-state index contributed by atoms with van der Waals surface area (Å²) in [5.41, 5.74) is 3.46. The highest BCUT2D eigenvalue weighted by atomic mass is 35.5. The third-order valence-corrected chi connectivity index (χ3v) is 4.73. The van der Waals surface area contributed by atoms with Crippen LogP contribution in [0, 0.1) is 13.8 Å². The van der Waals surface area contributed by atoms with Crippen molar-refractivity contribution in [2.24, 2.45) is 0 Å². The third-order valence-electron chi connectivity index (χ3n) is 4.48. The van der Waals surface area contributed by atoms with Gasteiger partial charge >= 0.3 is 5.97 Å². The average molecular weight is 499 g/mol. The molecule has 1 amide bonds. The molecule has 0 aliphatic carbocycles. The van der Waals surface area contributed by atoms with Crippen molar-refractivity contribution in [1.82, 2.24) is 4.98 Å². The highest BCUT2D eigenvalue weighted by molar-refractivity contribution is 6.30. The number of nitrogens with one attached hydrogen (secondary N) is 1. The van der Waals surface area contributed by atoms with E-state index < -0.39 is 11.6 Å². The van der Waals surface area contributed by atoms with Gasteiger partial charge in [0.15, 0.2) is 0 Å². The summed E-state index contributed by atoms with van der Waals surface area (Å²) in [6.07, 6.45) is -0.162. The number of nitrogens with zero attached hydrogens (tertiary/aromatic N) is 1. The Hall–Kier alpha value is -3.22. The van der Waals surface area contributed by atoms with Gasteiger partial charge in [-0.2, -0.15) is 0 Å². The van der Waals surface area contributed by atoms with Crippen molar-refractivity contribution in [3.05, 3.63) is 82.0 Å². The lowest BCUT2D eigenvalue weighted by Gasteiger charge is -2.18. The molecule has 1 aromatic heterocycles. The van der Waals surface area contributed by atoms with E-state index in [9.17, 15) is 14.7 Å². The van der Waals surface area contributed by atoms with Gasteiger partial charge in [0.2, 0.25) is 0 Å². The summed E-state index contributed by atoms with van der Waals surface area (Å²) in [6, 6.07) is 16.0. The third kappa shape index (κ3) is 9.89. The molecule has 0 fully saturated rings. The zero-order valence-electron chi connectivity index (χ0n) is 21.4. The largest absolute Gasteiger partial charge is 0.481 e. The van der Waals surface area contributed by atoms with E-state index >= 15 is 0 Å². The number of hydrogen-bond acceptors (Lipinski definition) is 4. The molecule has 6 nitrogen and oxygen atoms in total. The maximum atomic E-state index is 12.6. The highest BCUT2D eigenvalue weighted by Gasteiger charge is 2.20. The zero-order chi connectivity index (χ0) is 26.8. The number of rotatable bonds is 5. The molecule has 0 saturated heterocycles. The van der Waals surface area contributed by atoms with Crippen molar-refractivity contribution in [1.29, 1.82) is 0 Å². The van der Waals surface area contributed by atoms with Gasteiger partial charge in [-0.05, 0) is 81.1 Å². The van der Waals surface area contributed by atoms with Crippen LogP contribution in [-0.4, -0.2) is 32.7 Å². The molecule has 0 saturated carbocycles. The van der Waals surface area contributed by atoms with E-state index in [4.69, 9.17) is 16.7 Å². The number of carbonyl (C=O) groups excluding carboxylic acids is 1. The topological polar surface area (TPSA) is 99.5 Å². The maximum absolute atomic E-state index is 12.6. The van der Waals surface area contributed by atoms with Crippen molar-refractivity contribution >= 4 is 29.3 Å². The van der Waals surface area contributed by atoms with Gasteiger partial charge in [-0.25, -0.2) is 4.98 Å². The van der Waals surface area contributed by atoms with E-state index in [2.05, 4.69) is 10.3 Å². The molecule has 0 aliphatic heterocycles. The average Bonchev–Trinajstić information content (AvgIpc) is 2.79. The molecule has 3 N–H and O–H groups in total. The molecule has 3 rings (SSSR count). The second kappa shape index (κ2) is 13.6. The fourth-order valence-electron chi connectivity index (χ4n) is 3.11. The molecule has 1 heterocycles. The van der Waals surface area contributed by atoms with Gasteiger partial charge in [0.25, 0.3) is 5.91 Å². The van der Waals surface area contributed by atoms with Crippen LogP contribution in [0.1, 0.15) is 61.8 Å². The van der Waals surface area contributed by atoms with Crippen LogP contribution >= 0.6 is 11.6 Å². The number of halogens is 1. The number of amides is 1. The molecule has 0 radical (unpaired) electrons. The Morgan fingerprint density at radius 3 is 1.97 bits per heavy atom. The number of benzene rings is 2. The first kappa shape index (κ1) is 29.8. The van der Waals surface area contributed by atoms with E-state index in [0.29, 0.717) is 33.2 Å². The van der Waals surface area contributed by atoms with E-state index in [-0.39, 0.29) is 12.3 Å². The van der Waals surface area contributed by atoms with Crippen LogP contribution in [0.5, 0.6) is 0 Å². The normalized spacial score (nSPS) is 10.3. The summed E-state index contributed by atoms with van der Waals surface area (Å²) in [5.74, 6) is -0.810. The lowest BCUT2D eigenvalue weighted by Crippen LogP contribution is -2.16. The van der Waals surface area contributed by atoms with Gasteiger partial charge in [0.1, 0.15) is 5.82 Å². The van der Waals surface area contributed by atoms with Gasteiger partial charge in [-0.1, -0.05) is 55.8 Å². The fourth-order valence-corrected chi connectivity index (χ4v) is 3.24. The summed E-state index contributed by atoms with van der Waals surface area (Å²) in [4.78, 5) is 28.4. The van der Waals surface area contributed by atoms with Crippen molar-refractivity contribution in [3.63, 3.8) is 0 Å². The van der Waals surface area contributed by atoms with E-state index in [1.54, 1.807) is 64.1 Å². The summed E-state index contributed by atoms with van der Waals surface area (Å²) in [6.45, 7) is 12.8. The first-order valence-electron chi connectivity index (χ1n) is 11.4. The van der Waals surface area contributed by atoms with Gasteiger partial charge in [0.05, 0.1) is 12.0 Å². The summed E-state index contributed by atoms with van der Waals surface area (Å²) < 4.78 is 0. The monoisotopic (exact) mass is 498 g/mol. The molecule has 0 atom stereocenters. The van der Waals surface area contributed by atoms with Crippen LogP contribution in [0.15, 0.2) is 54.6 Å². The Kier molecular flexibility index (Phi) is 11.6. The Morgan fingerprint density at radius 2 is 1.49 bits per heavy atom. The smallest absolute Gasteiger partial charge is 0.307 e. The number of aliphatic carboxylic acids is 1. The van der Waals surface area contributed by atoms with Crippen molar-refractivity contribution in [3.8, 4) is 11.1 Å². The lowest BCUT2D eigenvalue weighted by atomic mass is 9.92. The number of carbonyl (C=O) groups is 2. The molecule has 0 spiro atoms. The first-order valence-corrected chi connectivity index (χ1v) is 11.8. The van der Waals surface area contributed by atoms with E-state index in [0.717, 1.165) is 11.1 Å². The molecule has 2 aromatic carbocycles. The first-order chi connectivity index (χ1) is 16.4. The molecule has 7 heteroatoms. The molecule has 0 aliphatic rings. The van der Waals surface area contributed by atoms with Crippen molar-refractivity contribution < 1.29 is 19.8 Å². The van der Waals surface area contributed by atoms with Crippen LogP contribution in [-0.2, 0) is 11.2 Å². The summed E-state index contributed by atoms with van der Waals surface area (Å²) >= 11 is 6.00. The number of pyridine rings is 1. The quantitative estimate of drug-likeness (QED) is 0.363. The van der Waals surface area contributed by atoms with Crippen LogP contribution < -0.4 is 5.32 Å². The Morgan fingerprint density at radius 1 is 0.971 bits per heavy atom. The number of carboxylic acids is 1. The minimum atomic E-state index is -0.944. The minimum absolute atomic E-state index is 0.162. The van der Waals surface area contributed by atoms with Crippen LogP contribution in [0.4, 0.5) is 5.82 Å². The number of carboxylic acid groups (broad SMARTS) is 1. The number of aryl methyl sites for hydroxylation is 1. The van der Waals surface area contributed by atoms with E-state index in [1.165, 1.54) is 0 Å². The van der Waals surface area contributed by atoms with Gasteiger partial charge in [0, 0.05) is 16.3 Å². The second-order valence-corrected chi connectivity index (χ2v) is 9.03. The number of anilines is 1. The molecule has 188 valence electrons. The highest BCUT2D eigenvalue weighted by Crippen LogP contribution is 2.34. The van der Waals surface area contributed by atoms with Crippen LogP contribution in [0.2, 0.25) is 5.02 Å². The predicted octanol–water partition coefficient (Wildman–Crippen LogP) is 6.70. The Bertz CT molecular complexity index is 1120. The van der Waals surface area contributed by atoms with Crippen molar-refractivity contribution in [2.45, 2.75) is 60.5 Å². The predicted molar refractivity (Wildman–Crippen MR) is 143 cm³/mol. The summed E-state index contributed by atoms with van der Waals surface area (Å²) in [5, 5.41) is 21.3. The van der Waals surface area contributed by atoms with Gasteiger partial charge in [-0.3, -0.25) is 9.59 Å². The Balaban J connectivity index is 0.000000779. The van der Waals surface area contributed by atoms with E-state index in [1.807, 2.05) is 39.0 Å². The molecule has 0 bridgehead atoms. The van der Waals surface area contributed by atoms with Crippen LogP contribution in [0.25, 0.3) is 11.1 Å². The standard InChI is InChI=1S/C22H19ClN2O3.C4H10O.C2H6/c1-13-20(15-8-10-17(23)11-9-15)18(12-19(26)27)14(2)24-21(13)25-22(28)16-6-4-3-5-7-16;1-4(2,3)5;1-2/h3-11H,12H2,1-2H3,(H,26,27)(H,24,25,28);5H,1-3H3;1-2H3.